The molecule has 6 nitrogen and oxygen atoms in total. The fourth-order valence-corrected chi connectivity index (χ4v) is 3.00. The molecule has 0 fully saturated rings. The summed E-state index contributed by atoms with van der Waals surface area (Å²) in [4.78, 5) is 13.8. The van der Waals surface area contributed by atoms with E-state index in [2.05, 4.69) is 15.5 Å². The maximum absolute atomic E-state index is 13.4. The molecule has 0 saturated carbocycles. The molecule has 0 N–H and O–H groups in total. The number of hydrogen-bond donors (Lipinski definition) is 0. The number of benzene rings is 1. The van der Waals surface area contributed by atoms with Gasteiger partial charge in [-0.3, -0.25) is 4.79 Å². The van der Waals surface area contributed by atoms with Crippen LogP contribution >= 0.6 is 11.8 Å². The molecule has 0 bridgehead atoms. The maximum Gasteiger partial charge on any atom is 0.235 e. The summed E-state index contributed by atoms with van der Waals surface area (Å²) < 4.78 is 14.8. The molecule has 1 amide bonds. The molecule has 0 saturated heterocycles. The first kappa shape index (κ1) is 16.4. The number of halogens is 1. The second kappa shape index (κ2) is 6.87. The van der Waals surface area contributed by atoms with Crippen molar-refractivity contribution in [3.63, 3.8) is 0 Å². The SMILES string of the molecule is CC(C)C(Sc1nnnn1-c1cccc(F)c1)C(=O)N(C)C. The molecule has 1 heterocycles. The smallest absolute Gasteiger partial charge is 0.235 e. The van der Waals surface area contributed by atoms with Gasteiger partial charge in [0.2, 0.25) is 11.1 Å². The van der Waals surface area contributed by atoms with Crippen molar-refractivity contribution in [2.45, 2.75) is 24.3 Å². The van der Waals surface area contributed by atoms with Gasteiger partial charge in [0.05, 0.1) is 10.9 Å². The van der Waals surface area contributed by atoms with Crippen LogP contribution in [-0.2, 0) is 4.79 Å². The first-order valence-electron chi connectivity index (χ1n) is 6.82. The van der Waals surface area contributed by atoms with Crippen LogP contribution in [0.15, 0.2) is 29.4 Å². The number of nitrogens with zero attached hydrogens (tertiary/aromatic N) is 5. The van der Waals surface area contributed by atoms with Crippen molar-refractivity contribution in [1.29, 1.82) is 0 Å². The zero-order valence-corrected chi connectivity index (χ0v) is 13.7. The standard InChI is InChI=1S/C14H18FN5OS/c1-9(2)12(13(21)19(3)4)22-14-16-17-18-20(14)11-7-5-6-10(15)8-11/h5-9,12H,1-4H3. The fraction of sp³-hybridized carbons (Fsp3) is 0.429. The van der Waals surface area contributed by atoms with Crippen molar-refractivity contribution >= 4 is 17.7 Å². The normalized spacial score (nSPS) is 12.5. The van der Waals surface area contributed by atoms with Crippen molar-refractivity contribution in [1.82, 2.24) is 25.1 Å². The Morgan fingerprint density at radius 3 is 2.68 bits per heavy atom. The molecule has 118 valence electrons. The second-order valence-corrected chi connectivity index (χ2v) is 6.48. The Hall–Kier alpha value is -1.96. The molecule has 0 aliphatic heterocycles. The molecule has 8 heteroatoms. The van der Waals surface area contributed by atoms with E-state index >= 15 is 0 Å². The highest BCUT2D eigenvalue weighted by Crippen LogP contribution is 2.28. The van der Waals surface area contributed by atoms with Crippen molar-refractivity contribution in [2.75, 3.05) is 14.1 Å². The first-order valence-corrected chi connectivity index (χ1v) is 7.70. The Morgan fingerprint density at radius 2 is 2.09 bits per heavy atom. The summed E-state index contributed by atoms with van der Waals surface area (Å²) in [5, 5.41) is 11.6. The van der Waals surface area contributed by atoms with E-state index < -0.39 is 0 Å². The third-order valence-electron chi connectivity index (χ3n) is 3.02. The summed E-state index contributed by atoms with van der Waals surface area (Å²) in [5.41, 5.74) is 0.521. The quantitative estimate of drug-likeness (QED) is 0.788. The lowest BCUT2D eigenvalue weighted by Crippen LogP contribution is -2.35. The van der Waals surface area contributed by atoms with Crippen molar-refractivity contribution in [3.05, 3.63) is 30.1 Å². The Morgan fingerprint density at radius 1 is 1.36 bits per heavy atom. The van der Waals surface area contributed by atoms with E-state index in [9.17, 15) is 9.18 Å². The van der Waals surface area contributed by atoms with Crippen LogP contribution in [0.5, 0.6) is 0 Å². The molecule has 22 heavy (non-hydrogen) atoms. The van der Waals surface area contributed by atoms with Crippen LogP contribution < -0.4 is 0 Å². The Balaban J connectivity index is 2.30. The lowest BCUT2D eigenvalue weighted by atomic mass is 10.1. The molecule has 0 radical (unpaired) electrons. The number of carbonyl (C=O) groups is 1. The van der Waals surface area contributed by atoms with Crippen LogP contribution in [0.3, 0.4) is 0 Å². The number of tetrazole rings is 1. The lowest BCUT2D eigenvalue weighted by Gasteiger charge is -2.22. The number of carbonyl (C=O) groups excluding carboxylic acids is 1. The van der Waals surface area contributed by atoms with E-state index in [0.29, 0.717) is 10.8 Å². The molecular weight excluding hydrogens is 305 g/mol. The summed E-state index contributed by atoms with van der Waals surface area (Å²) in [5.74, 6) is -0.264. The van der Waals surface area contributed by atoms with E-state index in [1.807, 2.05) is 13.8 Å². The molecule has 2 rings (SSSR count). The number of hydrogen-bond acceptors (Lipinski definition) is 5. The van der Waals surface area contributed by atoms with Gasteiger partial charge < -0.3 is 4.90 Å². The molecule has 1 unspecified atom stereocenters. The minimum atomic E-state index is -0.367. The van der Waals surface area contributed by atoms with Gasteiger partial charge in [0.15, 0.2) is 0 Å². The number of amides is 1. The van der Waals surface area contributed by atoms with Gasteiger partial charge in [0.25, 0.3) is 0 Å². The molecule has 0 aliphatic carbocycles. The molecule has 1 atom stereocenters. The first-order chi connectivity index (χ1) is 10.4. The highest BCUT2D eigenvalue weighted by Gasteiger charge is 2.27. The highest BCUT2D eigenvalue weighted by atomic mass is 32.2. The van der Waals surface area contributed by atoms with Crippen LogP contribution in [0.4, 0.5) is 4.39 Å². The third-order valence-corrected chi connectivity index (χ3v) is 4.48. The van der Waals surface area contributed by atoms with Gasteiger partial charge in [-0.05, 0) is 34.5 Å². The van der Waals surface area contributed by atoms with E-state index in [1.165, 1.54) is 28.6 Å². The predicted octanol–water partition coefficient (Wildman–Crippen LogP) is 2.01. The minimum Gasteiger partial charge on any atom is -0.348 e. The van der Waals surface area contributed by atoms with E-state index in [-0.39, 0.29) is 22.9 Å². The van der Waals surface area contributed by atoms with Crippen LogP contribution in [0, 0.1) is 11.7 Å². The number of rotatable bonds is 5. The number of aromatic nitrogens is 4. The van der Waals surface area contributed by atoms with Gasteiger partial charge in [-0.25, -0.2) is 4.39 Å². The van der Waals surface area contributed by atoms with Crippen LogP contribution in [0.1, 0.15) is 13.8 Å². The molecule has 2 aromatic rings. The van der Waals surface area contributed by atoms with Gasteiger partial charge in [-0.2, -0.15) is 4.68 Å². The van der Waals surface area contributed by atoms with E-state index in [4.69, 9.17) is 0 Å². The van der Waals surface area contributed by atoms with Gasteiger partial charge in [-0.15, -0.1) is 5.10 Å². The maximum atomic E-state index is 13.4. The zero-order chi connectivity index (χ0) is 16.3. The lowest BCUT2D eigenvalue weighted by molar-refractivity contribution is -0.128. The summed E-state index contributed by atoms with van der Waals surface area (Å²) >= 11 is 1.28. The second-order valence-electron chi connectivity index (χ2n) is 5.37. The molecule has 0 spiro atoms. The van der Waals surface area contributed by atoms with E-state index in [1.54, 1.807) is 31.1 Å². The largest absolute Gasteiger partial charge is 0.348 e. The zero-order valence-electron chi connectivity index (χ0n) is 12.9. The van der Waals surface area contributed by atoms with Gasteiger partial charge in [-0.1, -0.05) is 31.7 Å². The van der Waals surface area contributed by atoms with Crippen LogP contribution in [-0.4, -0.2) is 50.4 Å². The monoisotopic (exact) mass is 323 g/mol. The van der Waals surface area contributed by atoms with Crippen molar-refractivity contribution < 1.29 is 9.18 Å². The van der Waals surface area contributed by atoms with Gasteiger partial charge in [0, 0.05) is 14.1 Å². The summed E-state index contributed by atoms with van der Waals surface area (Å²) in [6, 6.07) is 6.00. The molecule has 1 aromatic heterocycles. The van der Waals surface area contributed by atoms with Crippen molar-refractivity contribution in [2.24, 2.45) is 5.92 Å². The fourth-order valence-electron chi connectivity index (χ4n) is 1.86. The highest BCUT2D eigenvalue weighted by molar-refractivity contribution is 8.00. The summed E-state index contributed by atoms with van der Waals surface area (Å²) in [7, 11) is 3.43. The third kappa shape index (κ3) is 3.62. The molecular formula is C14H18FN5OS. The Labute approximate surface area is 132 Å². The average molecular weight is 323 g/mol. The Kier molecular flexibility index (Phi) is 5.12. The molecule has 1 aromatic carbocycles. The minimum absolute atomic E-state index is 0.00575. The molecule has 0 aliphatic rings. The summed E-state index contributed by atoms with van der Waals surface area (Å²) in [6.45, 7) is 3.94. The summed E-state index contributed by atoms with van der Waals surface area (Å²) in [6.07, 6.45) is 0. The van der Waals surface area contributed by atoms with Gasteiger partial charge >= 0.3 is 0 Å². The van der Waals surface area contributed by atoms with Crippen LogP contribution in [0.2, 0.25) is 0 Å². The van der Waals surface area contributed by atoms with Crippen molar-refractivity contribution in [3.8, 4) is 5.69 Å². The van der Waals surface area contributed by atoms with Crippen LogP contribution in [0.25, 0.3) is 5.69 Å². The number of thioether (sulfide) groups is 1. The topological polar surface area (TPSA) is 63.9 Å². The van der Waals surface area contributed by atoms with E-state index in [0.717, 1.165) is 0 Å². The Bertz CT molecular complexity index is 658. The van der Waals surface area contributed by atoms with Gasteiger partial charge in [0.1, 0.15) is 5.82 Å². The predicted molar refractivity (Wildman–Crippen MR) is 82.3 cm³/mol. The average Bonchev–Trinajstić information content (AvgIpc) is 2.91.